The summed E-state index contributed by atoms with van der Waals surface area (Å²) in [6, 6.07) is 3.39. The fraction of sp³-hybridized carbons (Fsp3) is 0.100. The van der Waals surface area contributed by atoms with Gasteiger partial charge in [-0.15, -0.1) is 0 Å². The molecule has 17 heavy (non-hydrogen) atoms. The number of nitrogens with one attached hydrogen (secondary N) is 1. The minimum atomic E-state index is -0.374. The summed E-state index contributed by atoms with van der Waals surface area (Å²) in [6.07, 6.45) is 4.71. The van der Waals surface area contributed by atoms with Crippen LogP contribution in [-0.4, -0.2) is 15.9 Å². The lowest BCUT2D eigenvalue weighted by molar-refractivity contribution is 0.0953. The Morgan fingerprint density at radius 2 is 2.24 bits per heavy atom. The summed E-state index contributed by atoms with van der Waals surface area (Å²) in [5.74, 6) is 5.86. The van der Waals surface area contributed by atoms with Crippen molar-refractivity contribution in [2.75, 3.05) is 0 Å². The molecule has 6 nitrogen and oxygen atoms in total. The van der Waals surface area contributed by atoms with Gasteiger partial charge in [0.25, 0.3) is 5.91 Å². The van der Waals surface area contributed by atoms with Crippen LogP contribution in [0.25, 0.3) is 0 Å². The van der Waals surface area contributed by atoms with E-state index in [-0.39, 0.29) is 5.91 Å². The first-order valence-electron chi connectivity index (χ1n) is 4.78. The molecule has 0 saturated heterocycles. The van der Waals surface area contributed by atoms with Crippen molar-refractivity contribution in [2.24, 2.45) is 5.84 Å². The summed E-state index contributed by atoms with van der Waals surface area (Å²) in [5, 5.41) is 0.661. The number of nitrogens with two attached hydrogens (primary N) is 1. The third kappa shape index (κ3) is 3.05. The molecule has 0 radical (unpaired) electrons. The number of nitrogens with zero attached hydrogens (tertiary/aromatic N) is 2. The minimum absolute atomic E-state index is 0.374. The molecule has 0 aliphatic rings. The third-order valence-electron chi connectivity index (χ3n) is 1.93. The van der Waals surface area contributed by atoms with E-state index in [1.54, 1.807) is 24.5 Å². The molecule has 2 aromatic heterocycles. The van der Waals surface area contributed by atoms with Gasteiger partial charge < -0.3 is 4.42 Å². The summed E-state index contributed by atoms with van der Waals surface area (Å²) in [4.78, 5) is 19.3. The van der Waals surface area contributed by atoms with Crippen molar-refractivity contribution in [3.8, 4) is 0 Å². The van der Waals surface area contributed by atoms with Gasteiger partial charge in [-0.2, -0.15) is 0 Å². The van der Waals surface area contributed by atoms with E-state index in [2.05, 4.69) is 9.97 Å². The van der Waals surface area contributed by atoms with E-state index in [1.807, 2.05) is 5.43 Å². The van der Waals surface area contributed by atoms with Crippen LogP contribution in [0.1, 0.15) is 16.1 Å². The highest BCUT2D eigenvalue weighted by atomic mass is 32.2. The summed E-state index contributed by atoms with van der Waals surface area (Å²) in [5.41, 5.74) is 2.44. The first kappa shape index (κ1) is 11.6. The van der Waals surface area contributed by atoms with Crippen LogP contribution in [0.15, 0.2) is 40.4 Å². The molecule has 0 saturated carbocycles. The van der Waals surface area contributed by atoms with Gasteiger partial charge in [0.15, 0.2) is 5.16 Å². The smallest absolute Gasteiger partial charge is 0.268 e. The Hall–Kier alpha value is -1.86. The van der Waals surface area contributed by atoms with Crippen molar-refractivity contribution in [1.82, 2.24) is 15.4 Å². The summed E-state index contributed by atoms with van der Waals surface area (Å²) < 4.78 is 5.22. The average Bonchev–Trinajstić information content (AvgIpc) is 2.85. The third-order valence-corrected chi connectivity index (χ3v) is 2.83. The number of amides is 1. The molecule has 0 fully saturated rings. The number of rotatable bonds is 4. The Morgan fingerprint density at radius 1 is 1.47 bits per heavy atom. The monoisotopic (exact) mass is 250 g/mol. The molecule has 0 bridgehead atoms. The number of hydrogen-bond donors (Lipinski definition) is 2. The van der Waals surface area contributed by atoms with Crippen LogP contribution < -0.4 is 11.3 Å². The normalized spacial score (nSPS) is 10.2. The molecule has 88 valence electrons. The molecule has 2 rings (SSSR count). The second-order valence-corrected chi connectivity index (χ2v) is 4.04. The van der Waals surface area contributed by atoms with Crippen LogP contribution in [-0.2, 0) is 5.75 Å². The molecular weight excluding hydrogens is 240 g/mol. The average molecular weight is 250 g/mol. The van der Waals surface area contributed by atoms with E-state index in [4.69, 9.17) is 10.3 Å². The van der Waals surface area contributed by atoms with Crippen molar-refractivity contribution in [2.45, 2.75) is 10.9 Å². The van der Waals surface area contributed by atoms with Gasteiger partial charge in [0.05, 0.1) is 11.3 Å². The standard InChI is InChI=1S/C10H10N4O2S/c11-14-9(15)7-4-8(16-5-7)6-17-10-12-2-1-3-13-10/h1-5H,6,11H2,(H,14,15). The minimum Gasteiger partial charge on any atom is -0.468 e. The van der Waals surface area contributed by atoms with Gasteiger partial charge in [-0.25, -0.2) is 15.8 Å². The topological polar surface area (TPSA) is 94.0 Å². The highest BCUT2D eigenvalue weighted by molar-refractivity contribution is 7.98. The van der Waals surface area contributed by atoms with Crippen LogP contribution in [0.5, 0.6) is 0 Å². The second-order valence-electron chi connectivity index (χ2n) is 3.10. The SMILES string of the molecule is NNC(=O)c1coc(CSc2ncccn2)c1. The molecular formula is C10H10N4O2S. The number of carbonyl (C=O) groups excluding carboxylic acids is 1. The quantitative estimate of drug-likeness (QED) is 0.276. The van der Waals surface area contributed by atoms with Crippen LogP contribution in [0, 0.1) is 0 Å². The number of hydrogen-bond acceptors (Lipinski definition) is 6. The predicted octanol–water partition coefficient (Wildman–Crippen LogP) is 0.965. The molecule has 0 spiro atoms. The van der Waals surface area contributed by atoms with Gasteiger partial charge in [0, 0.05) is 12.4 Å². The van der Waals surface area contributed by atoms with Crippen LogP contribution in [0.2, 0.25) is 0 Å². The number of nitrogen functional groups attached to an aromatic ring is 1. The van der Waals surface area contributed by atoms with Crippen molar-refractivity contribution in [1.29, 1.82) is 0 Å². The first-order valence-corrected chi connectivity index (χ1v) is 5.76. The summed E-state index contributed by atoms with van der Waals surface area (Å²) in [7, 11) is 0. The van der Waals surface area contributed by atoms with Crippen LogP contribution in [0.3, 0.4) is 0 Å². The largest absolute Gasteiger partial charge is 0.468 e. The first-order chi connectivity index (χ1) is 8.29. The van der Waals surface area contributed by atoms with Crippen LogP contribution >= 0.6 is 11.8 Å². The van der Waals surface area contributed by atoms with Gasteiger partial charge >= 0.3 is 0 Å². The van der Waals surface area contributed by atoms with E-state index in [1.165, 1.54) is 18.0 Å². The molecule has 0 aromatic carbocycles. The highest BCUT2D eigenvalue weighted by Crippen LogP contribution is 2.19. The molecule has 0 atom stereocenters. The maximum absolute atomic E-state index is 11.2. The lowest BCUT2D eigenvalue weighted by Gasteiger charge is -1.95. The van der Waals surface area contributed by atoms with Gasteiger partial charge in [-0.05, 0) is 12.1 Å². The zero-order valence-electron chi connectivity index (χ0n) is 8.79. The van der Waals surface area contributed by atoms with Gasteiger partial charge in [-0.3, -0.25) is 10.2 Å². The van der Waals surface area contributed by atoms with Crippen molar-refractivity contribution < 1.29 is 9.21 Å². The van der Waals surface area contributed by atoms with E-state index in [0.29, 0.717) is 22.2 Å². The summed E-state index contributed by atoms with van der Waals surface area (Å²) in [6.45, 7) is 0. The molecule has 7 heteroatoms. The van der Waals surface area contributed by atoms with E-state index >= 15 is 0 Å². The van der Waals surface area contributed by atoms with Gasteiger partial charge in [0.2, 0.25) is 0 Å². The molecule has 2 aromatic rings. The van der Waals surface area contributed by atoms with E-state index < -0.39 is 0 Å². The lowest BCUT2D eigenvalue weighted by atomic mass is 10.3. The maximum Gasteiger partial charge on any atom is 0.268 e. The fourth-order valence-corrected chi connectivity index (χ4v) is 1.85. The zero-order chi connectivity index (χ0) is 12.1. The number of aromatic nitrogens is 2. The number of furan rings is 1. The second kappa shape index (κ2) is 5.46. The fourth-order valence-electron chi connectivity index (χ4n) is 1.15. The Labute approximate surface area is 102 Å². The Kier molecular flexibility index (Phi) is 3.73. The predicted molar refractivity (Wildman–Crippen MR) is 62.0 cm³/mol. The molecule has 1 amide bonds. The van der Waals surface area contributed by atoms with Crippen LogP contribution in [0.4, 0.5) is 0 Å². The molecule has 3 N–H and O–H groups in total. The number of carbonyl (C=O) groups is 1. The number of hydrazine groups is 1. The van der Waals surface area contributed by atoms with E-state index in [9.17, 15) is 4.79 Å². The Balaban J connectivity index is 1.96. The van der Waals surface area contributed by atoms with Crippen molar-refractivity contribution in [3.05, 3.63) is 42.1 Å². The van der Waals surface area contributed by atoms with E-state index in [0.717, 1.165) is 0 Å². The zero-order valence-corrected chi connectivity index (χ0v) is 9.61. The van der Waals surface area contributed by atoms with Crippen molar-refractivity contribution >= 4 is 17.7 Å². The molecule has 0 aliphatic carbocycles. The number of thioether (sulfide) groups is 1. The maximum atomic E-state index is 11.2. The van der Waals surface area contributed by atoms with Gasteiger partial charge in [-0.1, -0.05) is 11.8 Å². The van der Waals surface area contributed by atoms with Gasteiger partial charge in [0.1, 0.15) is 12.0 Å². The Bertz CT molecular complexity index is 500. The Morgan fingerprint density at radius 3 is 2.94 bits per heavy atom. The molecule has 2 heterocycles. The van der Waals surface area contributed by atoms with Crippen molar-refractivity contribution in [3.63, 3.8) is 0 Å². The lowest BCUT2D eigenvalue weighted by Crippen LogP contribution is -2.29. The highest BCUT2D eigenvalue weighted by Gasteiger charge is 2.09. The molecule has 0 unspecified atom stereocenters. The molecule has 0 aliphatic heterocycles. The summed E-state index contributed by atoms with van der Waals surface area (Å²) >= 11 is 1.43.